The van der Waals surface area contributed by atoms with E-state index < -0.39 is 11.6 Å². The summed E-state index contributed by atoms with van der Waals surface area (Å²) in [6.07, 6.45) is -0.0374. The molecule has 1 aliphatic rings. The summed E-state index contributed by atoms with van der Waals surface area (Å²) < 4.78 is 0. The molecule has 2 heterocycles. The van der Waals surface area contributed by atoms with Crippen LogP contribution in [0.15, 0.2) is 54.6 Å². The fourth-order valence-electron chi connectivity index (χ4n) is 4.34. The summed E-state index contributed by atoms with van der Waals surface area (Å²) in [5.74, 6) is -0.105. The van der Waals surface area contributed by atoms with Crippen molar-refractivity contribution < 1.29 is 9.90 Å². The number of aliphatic hydroxyl groups is 1. The molecular weight excluding hydrogens is 374 g/mol. The second kappa shape index (κ2) is 7.24. The van der Waals surface area contributed by atoms with Gasteiger partial charge in [0.05, 0.1) is 11.6 Å². The number of amides is 1. The number of nitrogens with one attached hydrogen (secondary N) is 1. The van der Waals surface area contributed by atoms with Crippen molar-refractivity contribution in [2.75, 3.05) is 27.2 Å². The number of nitrogens with zero attached hydrogens (tertiary/aromatic N) is 2. The standard InChI is InChI=1S/C22H24ClN3O2/c1-25(2)22(16-6-4-3-5-7-16)10-11-26(14-20(22)27)21(28)19-13-15-12-17(23)8-9-18(15)24-19/h3-9,12-13,20,24,27H,10-11,14H2,1-2H3/t20-,22+/m1/s1. The van der Waals surface area contributed by atoms with Crippen LogP contribution in [0.25, 0.3) is 10.9 Å². The highest BCUT2D eigenvalue weighted by Crippen LogP contribution is 2.38. The molecule has 0 saturated carbocycles. The maximum Gasteiger partial charge on any atom is 0.270 e. The molecule has 0 bridgehead atoms. The number of fused-ring (bicyclic) bond motifs is 1. The van der Waals surface area contributed by atoms with Crippen LogP contribution in [0, 0.1) is 0 Å². The van der Waals surface area contributed by atoms with E-state index in [1.165, 1.54) is 0 Å². The number of β-amino-alcohol motifs (C(OH)–C–C–N with tert-alkyl or cyclic N) is 1. The molecule has 0 aliphatic carbocycles. The lowest BCUT2D eigenvalue weighted by Gasteiger charge is -2.49. The number of likely N-dealkylation sites (tertiary alicyclic amines) is 1. The molecule has 2 aromatic carbocycles. The Balaban J connectivity index is 1.59. The Morgan fingerprint density at radius 1 is 1.21 bits per heavy atom. The van der Waals surface area contributed by atoms with E-state index in [-0.39, 0.29) is 12.5 Å². The molecule has 0 radical (unpaired) electrons. The number of carbonyl (C=O) groups excluding carboxylic acids is 1. The van der Waals surface area contributed by atoms with E-state index >= 15 is 0 Å². The monoisotopic (exact) mass is 397 g/mol. The summed E-state index contributed by atoms with van der Waals surface area (Å²) in [7, 11) is 3.96. The number of carbonyl (C=O) groups is 1. The Morgan fingerprint density at radius 2 is 1.96 bits per heavy atom. The molecule has 0 unspecified atom stereocenters. The lowest BCUT2D eigenvalue weighted by atomic mass is 9.77. The van der Waals surface area contributed by atoms with E-state index in [1.807, 2.05) is 62.6 Å². The number of aliphatic hydroxyl groups excluding tert-OH is 1. The number of benzene rings is 2. The molecule has 1 amide bonds. The minimum atomic E-state index is -0.693. The van der Waals surface area contributed by atoms with Crippen LogP contribution in [0.3, 0.4) is 0 Å². The molecule has 6 heteroatoms. The fourth-order valence-corrected chi connectivity index (χ4v) is 4.52. The summed E-state index contributed by atoms with van der Waals surface area (Å²) >= 11 is 6.05. The van der Waals surface area contributed by atoms with Gasteiger partial charge in [-0.3, -0.25) is 9.69 Å². The Bertz CT molecular complexity index is 1000. The second-order valence-electron chi connectivity index (χ2n) is 7.62. The third-order valence-corrected chi connectivity index (χ3v) is 6.11. The van der Waals surface area contributed by atoms with E-state index in [1.54, 1.807) is 11.0 Å². The number of aromatic nitrogens is 1. The van der Waals surface area contributed by atoms with Crippen LogP contribution in [0.4, 0.5) is 0 Å². The highest BCUT2D eigenvalue weighted by molar-refractivity contribution is 6.31. The third kappa shape index (κ3) is 3.09. The summed E-state index contributed by atoms with van der Waals surface area (Å²) in [6, 6.07) is 17.4. The van der Waals surface area contributed by atoms with Gasteiger partial charge in [-0.25, -0.2) is 0 Å². The molecule has 1 aromatic heterocycles. The minimum absolute atomic E-state index is 0.105. The van der Waals surface area contributed by atoms with Crippen molar-refractivity contribution in [1.82, 2.24) is 14.8 Å². The zero-order chi connectivity index (χ0) is 19.9. The highest BCUT2D eigenvalue weighted by Gasteiger charge is 2.46. The topological polar surface area (TPSA) is 59.6 Å². The summed E-state index contributed by atoms with van der Waals surface area (Å²) in [4.78, 5) is 20.0. The van der Waals surface area contributed by atoms with Crippen LogP contribution < -0.4 is 0 Å². The van der Waals surface area contributed by atoms with Gasteiger partial charge in [0.25, 0.3) is 5.91 Å². The predicted octanol–water partition coefficient (Wildman–Crippen LogP) is 3.49. The Kier molecular flexibility index (Phi) is 4.91. The predicted molar refractivity (Wildman–Crippen MR) is 112 cm³/mol. The molecule has 0 spiro atoms. The van der Waals surface area contributed by atoms with Gasteiger partial charge in [-0.05, 0) is 50.3 Å². The Labute approximate surface area is 169 Å². The van der Waals surface area contributed by atoms with Crippen LogP contribution in [0.5, 0.6) is 0 Å². The lowest BCUT2D eigenvalue weighted by Crippen LogP contribution is -2.60. The summed E-state index contributed by atoms with van der Waals surface area (Å²) in [5, 5.41) is 12.7. The third-order valence-electron chi connectivity index (χ3n) is 5.88. The number of likely N-dealkylation sites (N-methyl/N-ethyl adjacent to an activating group) is 1. The van der Waals surface area contributed by atoms with Gasteiger partial charge in [-0.15, -0.1) is 0 Å². The van der Waals surface area contributed by atoms with Crippen LogP contribution in [-0.4, -0.2) is 59.1 Å². The summed E-state index contributed by atoms with van der Waals surface area (Å²) in [5.41, 5.74) is 1.95. The number of hydrogen-bond acceptors (Lipinski definition) is 3. The molecular formula is C22H24ClN3O2. The van der Waals surface area contributed by atoms with Crippen molar-refractivity contribution in [3.63, 3.8) is 0 Å². The number of hydrogen-bond donors (Lipinski definition) is 2. The number of piperidine rings is 1. The van der Waals surface area contributed by atoms with Gasteiger partial charge < -0.3 is 15.0 Å². The second-order valence-corrected chi connectivity index (χ2v) is 8.05. The van der Waals surface area contributed by atoms with Crippen LogP contribution >= 0.6 is 11.6 Å². The number of aromatic amines is 1. The van der Waals surface area contributed by atoms with Crippen molar-refractivity contribution >= 4 is 28.4 Å². The molecule has 3 aromatic rings. The van der Waals surface area contributed by atoms with Crippen molar-refractivity contribution in [2.24, 2.45) is 0 Å². The van der Waals surface area contributed by atoms with Crippen molar-refractivity contribution in [2.45, 2.75) is 18.1 Å². The van der Waals surface area contributed by atoms with Crippen LogP contribution in [0.2, 0.25) is 5.02 Å². The molecule has 2 atom stereocenters. The van der Waals surface area contributed by atoms with Gasteiger partial charge in [0.1, 0.15) is 5.69 Å². The van der Waals surface area contributed by atoms with Crippen molar-refractivity contribution in [3.8, 4) is 0 Å². The smallest absolute Gasteiger partial charge is 0.270 e. The number of H-pyrrole nitrogens is 1. The van der Waals surface area contributed by atoms with Crippen molar-refractivity contribution in [1.29, 1.82) is 0 Å². The van der Waals surface area contributed by atoms with Crippen LogP contribution in [0.1, 0.15) is 22.5 Å². The first-order valence-electron chi connectivity index (χ1n) is 9.40. The van der Waals surface area contributed by atoms with Crippen molar-refractivity contribution in [3.05, 3.63) is 70.9 Å². The molecule has 5 nitrogen and oxygen atoms in total. The first-order chi connectivity index (χ1) is 13.4. The normalized spacial score (nSPS) is 22.8. The molecule has 4 rings (SSSR count). The number of halogens is 1. The Morgan fingerprint density at radius 3 is 2.64 bits per heavy atom. The number of rotatable bonds is 3. The quantitative estimate of drug-likeness (QED) is 0.711. The maximum atomic E-state index is 13.1. The van der Waals surface area contributed by atoms with E-state index in [2.05, 4.69) is 9.88 Å². The van der Waals surface area contributed by atoms with Gasteiger partial charge >= 0.3 is 0 Å². The highest BCUT2D eigenvalue weighted by atomic mass is 35.5. The van der Waals surface area contributed by atoms with Gasteiger partial charge in [-0.2, -0.15) is 0 Å². The largest absolute Gasteiger partial charge is 0.389 e. The van der Waals surface area contributed by atoms with Gasteiger partial charge in [-0.1, -0.05) is 41.9 Å². The lowest BCUT2D eigenvalue weighted by molar-refractivity contribution is -0.0613. The molecule has 2 N–H and O–H groups in total. The molecule has 1 saturated heterocycles. The fraction of sp³-hybridized carbons (Fsp3) is 0.318. The molecule has 28 heavy (non-hydrogen) atoms. The van der Waals surface area contributed by atoms with Gasteiger partial charge in [0, 0.05) is 29.0 Å². The SMILES string of the molecule is CN(C)[C@]1(c2ccccc2)CCN(C(=O)c2cc3cc(Cl)ccc3[nH]2)C[C@H]1O. The van der Waals surface area contributed by atoms with E-state index in [4.69, 9.17) is 11.6 Å². The minimum Gasteiger partial charge on any atom is -0.389 e. The first-order valence-corrected chi connectivity index (χ1v) is 9.78. The van der Waals surface area contributed by atoms with Gasteiger partial charge in [0.15, 0.2) is 0 Å². The van der Waals surface area contributed by atoms with E-state index in [0.717, 1.165) is 16.5 Å². The molecule has 1 aliphatic heterocycles. The molecule has 146 valence electrons. The van der Waals surface area contributed by atoms with E-state index in [9.17, 15) is 9.90 Å². The Hall–Kier alpha value is -2.34. The zero-order valence-electron chi connectivity index (χ0n) is 16.0. The first kappa shape index (κ1) is 19.0. The van der Waals surface area contributed by atoms with E-state index in [0.29, 0.717) is 23.7 Å². The summed E-state index contributed by atoms with van der Waals surface area (Å²) in [6.45, 7) is 0.848. The van der Waals surface area contributed by atoms with Crippen LogP contribution in [-0.2, 0) is 5.54 Å². The molecule has 1 fully saturated rings. The average Bonchev–Trinajstić information content (AvgIpc) is 3.11. The zero-order valence-corrected chi connectivity index (χ0v) is 16.8. The average molecular weight is 398 g/mol. The van der Waals surface area contributed by atoms with Gasteiger partial charge in [0.2, 0.25) is 0 Å². The maximum absolute atomic E-state index is 13.1.